The molecule has 0 radical (unpaired) electrons. The van der Waals surface area contributed by atoms with E-state index < -0.39 is 0 Å². The van der Waals surface area contributed by atoms with Crippen molar-refractivity contribution in [2.45, 2.75) is 13.8 Å². The average molecular weight is 334 g/mol. The zero-order chi connectivity index (χ0) is 14.4. The highest BCUT2D eigenvalue weighted by molar-refractivity contribution is 9.10. The third-order valence-corrected chi connectivity index (χ3v) is 3.92. The average Bonchev–Trinajstić information content (AvgIpc) is 2.77. The number of nitrogens with two attached hydrogens (primary N) is 1. The van der Waals surface area contributed by atoms with Crippen molar-refractivity contribution in [1.29, 1.82) is 0 Å². The molecule has 0 unspecified atom stereocenters. The van der Waals surface area contributed by atoms with Crippen LogP contribution in [0.5, 0.6) is 0 Å². The maximum absolute atomic E-state index is 13.5. The van der Waals surface area contributed by atoms with E-state index in [1.165, 1.54) is 6.07 Å². The first-order chi connectivity index (χ1) is 9.45. The topological polar surface area (TPSA) is 54.7 Å². The van der Waals surface area contributed by atoms with E-state index in [2.05, 4.69) is 25.9 Å². The molecule has 0 spiro atoms. The van der Waals surface area contributed by atoms with Crippen LogP contribution in [0.4, 0.5) is 10.1 Å². The summed E-state index contributed by atoms with van der Waals surface area (Å²) in [5, 5.41) is 0. The molecule has 20 heavy (non-hydrogen) atoms. The molecule has 3 N–H and O–H groups in total. The lowest BCUT2D eigenvalue weighted by Gasteiger charge is -2.07. The van der Waals surface area contributed by atoms with Gasteiger partial charge in [0, 0.05) is 17.3 Å². The predicted octanol–water partition coefficient (Wildman–Crippen LogP) is 4.33. The summed E-state index contributed by atoms with van der Waals surface area (Å²) in [4.78, 5) is 7.62. The van der Waals surface area contributed by atoms with Crippen molar-refractivity contribution in [1.82, 2.24) is 9.97 Å². The molecule has 0 bridgehead atoms. The molecule has 1 heterocycles. The second-order valence-corrected chi connectivity index (χ2v) is 5.77. The molecular weight excluding hydrogens is 321 g/mol. The Morgan fingerprint density at radius 1 is 1.20 bits per heavy atom. The summed E-state index contributed by atoms with van der Waals surface area (Å²) < 4.78 is 13.9. The lowest BCUT2D eigenvalue weighted by Crippen LogP contribution is -1.95. The number of hydrogen-bond donors (Lipinski definition) is 2. The fourth-order valence-corrected chi connectivity index (χ4v) is 2.64. The molecule has 3 aromatic rings. The van der Waals surface area contributed by atoms with Crippen molar-refractivity contribution in [2.24, 2.45) is 0 Å². The zero-order valence-electron chi connectivity index (χ0n) is 11.1. The highest BCUT2D eigenvalue weighted by Crippen LogP contribution is 2.30. The molecule has 0 aliphatic heterocycles. The number of nitrogen functional groups attached to an aromatic ring is 1. The van der Waals surface area contributed by atoms with E-state index in [9.17, 15) is 4.39 Å². The van der Waals surface area contributed by atoms with Crippen molar-refractivity contribution in [3.63, 3.8) is 0 Å². The van der Waals surface area contributed by atoms with Crippen LogP contribution in [0.15, 0.2) is 28.7 Å². The van der Waals surface area contributed by atoms with Crippen LogP contribution >= 0.6 is 15.9 Å². The number of aryl methyl sites for hydroxylation is 2. The summed E-state index contributed by atoms with van der Waals surface area (Å²) in [6, 6.07) is 7.08. The second-order valence-electron chi connectivity index (χ2n) is 4.91. The molecule has 3 rings (SSSR count). The monoisotopic (exact) mass is 333 g/mol. The molecule has 0 saturated heterocycles. The van der Waals surface area contributed by atoms with Crippen LogP contribution in [-0.4, -0.2) is 9.97 Å². The lowest BCUT2D eigenvalue weighted by molar-refractivity contribution is 0.623. The minimum Gasteiger partial charge on any atom is -0.398 e. The Morgan fingerprint density at radius 3 is 2.70 bits per heavy atom. The highest BCUT2D eigenvalue weighted by atomic mass is 79.9. The van der Waals surface area contributed by atoms with Crippen molar-refractivity contribution in [2.75, 3.05) is 5.73 Å². The van der Waals surface area contributed by atoms with E-state index in [-0.39, 0.29) is 5.82 Å². The summed E-state index contributed by atoms with van der Waals surface area (Å²) in [7, 11) is 0. The van der Waals surface area contributed by atoms with Gasteiger partial charge in [-0.3, -0.25) is 0 Å². The van der Waals surface area contributed by atoms with Gasteiger partial charge in [0.25, 0.3) is 0 Å². The first-order valence-electron chi connectivity index (χ1n) is 6.17. The number of nitrogens with one attached hydrogen (secondary N) is 1. The van der Waals surface area contributed by atoms with Crippen LogP contribution in [0.2, 0.25) is 0 Å². The van der Waals surface area contributed by atoms with Gasteiger partial charge in [-0.25, -0.2) is 9.37 Å². The number of hydrogen-bond acceptors (Lipinski definition) is 2. The number of fused-ring (bicyclic) bond motifs is 1. The van der Waals surface area contributed by atoms with Gasteiger partial charge >= 0.3 is 0 Å². The van der Waals surface area contributed by atoms with Gasteiger partial charge in [0.05, 0.1) is 15.5 Å². The number of imidazole rings is 1. The largest absolute Gasteiger partial charge is 0.398 e. The normalized spacial score (nSPS) is 11.2. The Balaban J connectivity index is 2.25. The summed E-state index contributed by atoms with van der Waals surface area (Å²) in [5.74, 6) is 0.336. The molecule has 0 aliphatic carbocycles. The number of nitrogens with zero attached hydrogens (tertiary/aromatic N) is 1. The van der Waals surface area contributed by atoms with Crippen molar-refractivity contribution >= 4 is 32.7 Å². The van der Waals surface area contributed by atoms with Crippen molar-refractivity contribution in [3.8, 4) is 11.4 Å². The van der Waals surface area contributed by atoms with Crippen molar-refractivity contribution < 1.29 is 4.39 Å². The summed E-state index contributed by atoms with van der Waals surface area (Å²) >= 11 is 3.17. The maximum Gasteiger partial charge on any atom is 0.140 e. The Kier molecular flexibility index (Phi) is 3.01. The number of aromatic amines is 1. The molecule has 1 aromatic heterocycles. The quantitative estimate of drug-likeness (QED) is 0.651. The first kappa shape index (κ1) is 13.1. The summed E-state index contributed by atoms with van der Waals surface area (Å²) in [5.41, 5.74) is 11.1. The van der Waals surface area contributed by atoms with Crippen LogP contribution in [0.25, 0.3) is 22.4 Å². The highest BCUT2D eigenvalue weighted by Gasteiger charge is 2.12. The molecule has 0 amide bonds. The number of rotatable bonds is 1. The van der Waals surface area contributed by atoms with Gasteiger partial charge < -0.3 is 10.7 Å². The minimum absolute atomic E-state index is 0.318. The molecular formula is C15H13BrFN3. The van der Waals surface area contributed by atoms with Gasteiger partial charge in [-0.2, -0.15) is 0 Å². The third-order valence-electron chi connectivity index (χ3n) is 3.31. The fraction of sp³-hybridized carbons (Fsp3) is 0.133. The maximum atomic E-state index is 13.5. The molecule has 0 atom stereocenters. The van der Waals surface area contributed by atoms with Crippen molar-refractivity contribution in [3.05, 3.63) is 45.7 Å². The molecule has 0 fully saturated rings. The number of halogens is 2. The summed E-state index contributed by atoms with van der Waals surface area (Å²) in [6.07, 6.45) is 0. The van der Waals surface area contributed by atoms with Crippen LogP contribution in [0, 0.1) is 19.7 Å². The second kappa shape index (κ2) is 4.59. The minimum atomic E-state index is -0.318. The van der Waals surface area contributed by atoms with E-state index in [1.807, 2.05) is 26.0 Å². The molecule has 3 nitrogen and oxygen atoms in total. The van der Waals surface area contributed by atoms with Gasteiger partial charge in [0.1, 0.15) is 11.6 Å². The SMILES string of the molecule is Cc1cc(C)c(N)c(-c2nc3cc(Br)c(F)cc3[nH]2)c1. The van der Waals surface area contributed by atoms with Gasteiger partial charge in [-0.15, -0.1) is 0 Å². The molecule has 0 saturated carbocycles. The molecule has 2 aromatic carbocycles. The smallest absolute Gasteiger partial charge is 0.140 e. The number of benzene rings is 2. The van der Waals surface area contributed by atoms with Gasteiger partial charge in [0.15, 0.2) is 0 Å². The van der Waals surface area contributed by atoms with Crippen LogP contribution < -0.4 is 5.73 Å². The van der Waals surface area contributed by atoms with E-state index in [1.54, 1.807) is 6.07 Å². The molecule has 0 aliphatic rings. The van der Waals surface area contributed by atoms with E-state index in [0.717, 1.165) is 16.7 Å². The van der Waals surface area contributed by atoms with E-state index in [0.29, 0.717) is 27.0 Å². The van der Waals surface area contributed by atoms with Crippen LogP contribution in [-0.2, 0) is 0 Å². The first-order valence-corrected chi connectivity index (χ1v) is 6.97. The number of aromatic nitrogens is 2. The van der Waals surface area contributed by atoms with Gasteiger partial charge in [-0.05, 0) is 53.0 Å². The zero-order valence-corrected chi connectivity index (χ0v) is 12.7. The van der Waals surface area contributed by atoms with Crippen LogP contribution in [0.3, 0.4) is 0 Å². The molecule has 5 heteroatoms. The van der Waals surface area contributed by atoms with E-state index >= 15 is 0 Å². The van der Waals surface area contributed by atoms with E-state index in [4.69, 9.17) is 5.73 Å². The predicted molar refractivity (Wildman–Crippen MR) is 83.1 cm³/mol. The molecule has 102 valence electrons. The Bertz CT molecular complexity index is 785. The Morgan fingerprint density at radius 2 is 1.95 bits per heavy atom. The van der Waals surface area contributed by atoms with Crippen LogP contribution in [0.1, 0.15) is 11.1 Å². The number of H-pyrrole nitrogens is 1. The number of anilines is 1. The summed E-state index contributed by atoms with van der Waals surface area (Å²) in [6.45, 7) is 3.97. The fourth-order valence-electron chi connectivity index (χ4n) is 2.31. The Labute approximate surface area is 124 Å². The standard InChI is InChI=1S/C15H13BrFN3/c1-7-3-8(2)14(18)9(4-7)15-19-12-5-10(16)11(17)6-13(12)20-15/h3-6H,18H2,1-2H3,(H,19,20). The van der Waals surface area contributed by atoms with Gasteiger partial charge in [-0.1, -0.05) is 6.07 Å². The third kappa shape index (κ3) is 2.08. The Hall–Kier alpha value is -1.88. The lowest BCUT2D eigenvalue weighted by atomic mass is 10.0. The van der Waals surface area contributed by atoms with Gasteiger partial charge in [0.2, 0.25) is 0 Å².